The maximum Gasteiger partial charge on any atom is 0.228 e. The Labute approximate surface area is 179 Å². The van der Waals surface area contributed by atoms with Crippen molar-refractivity contribution in [3.63, 3.8) is 0 Å². The van der Waals surface area contributed by atoms with Gasteiger partial charge in [0.1, 0.15) is 0 Å². The lowest BCUT2D eigenvalue weighted by molar-refractivity contribution is -0.139. The molecule has 0 spiro atoms. The molecule has 29 heavy (non-hydrogen) atoms. The summed E-state index contributed by atoms with van der Waals surface area (Å²) in [5.41, 5.74) is 0.802. The molecule has 1 atom stereocenters. The highest BCUT2D eigenvalue weighted by Crippen LogP contribution is 2.32. The minimum absolute atomic E-state index is 0.0202. The van der Waals surface area contributed by atoms with E-state index in [9.17, 15) is 14.4 Å². The van der Waals surface area contributed by atoms with E-state index in [0.717, 1.165) is 16.6 Å². The number of carbonyl (C=O) groups excluding carboxylic acids is 3. The van der Waals surface area contributed by atoms with Gasteiger partial charge < -0.3 is 19.9 Å². The number of likely N-dealkylation sites (tertiary alicyclic amines) is 1. The molecular weight excluding hydrogens is 438 g/mol. The number of para-hydroxylation sites is 1. The molecule has 0 aromatic heterocycles. The Balaban J connectivity index is 1.49. The van der Waals surface area contributed by atoms with Crippen LogP contribution in [0.2, 0.25) is 0 Å². The summed E-state index contributed by atoms with van der Waals surface area (Å²) in [6, 6.07) is 7.55. The van der Waals surface area contributed by atoms with Crippen molar-refractivity contribution in [2.45, 2.75) is 25.7 Å². The molecule has 8 heteroatoms. The van der Waals surface area contributed by atoms with Gasteiger partial charge in [-0.25, -0.2) is 0 Å². The number of hydrogen-bond acceptors (Lipinski definition) is 4. The number of methoxy groups -OCH3 is 1. The van der Waals surface area contributed by atoms with Crippen LogP contribution < -0.4 is 10.2 Å². The van der Waals surface area contributed by atoms with E-state index in [1.807, 2.05) is 29.2 Å². The number of halogens is 1. The fourth-order valence-electron chi connectivity index (χ4n) is 3.97. The lowest BCUT2D eigenvalue weighted by Crippen LogP contribution is -2.45. The van der Waals surface area contributed by atoms with Gasteiger partial charge in [0.05, 0.1) is 11.6 Å². The summed E-state index contributed by atoms with van der Waals surface area (Å²) >= 11 is 3.48. The lowest BCUT2D eigenvalue weighted by Gasteiger charge is -2.33. The minimum Gasteiger partial charge on any atom is -0.385 e. The third kappa shape index (κ3) is 5.36. The van der Waals surface area contributed by atoms with Crippen LogP contribution in [0.5, 0.6) is 0 Å². The van der Waals surface area contributed by atoms with Crippen LogP contribution in [-0.4, -0.2) is 62.5 Å². The first-order chi connectivity index (χ1) is 14.0. The van der Waals surface area contributed by atoms with Gasteiger partial charge in [0.2, 0.25) is 17.7 Å². The van der Waals surface area contributed by atoms with Crippen LogP contribution in [0, 0.1) is 11.8 Å². The van der Waals surface area contributed by atoms with Gasteiger partial charge in [-0.3, -0.25) is 14.4 Å². The summed E-state index contributed by atoms with van der Waals surface area (Å²) < 4.78 is 5.83. The van der Waals surface area contributed by atoms with E-state index in [0.29, 0.717) is 45.6 Å². The van der Waals surface area contributed by atoms with Crippen LogP contribution in [-0.2, 0) is 19.1 Å². The molecule has 2 heterocycles. The number of nitrogens with one attached hydrogen (secondary N) is 1. The van der Waals surface area contributed by atoms with Crippen LogP contribution in [0.15, 0.2) is 28.7 Å². The van der Waals surface area contributed by atoms with E-state index in [2.05, 4.69) is 21.2 Å². The third-order valence-corrected chi connectivity index (χ3v) is 6.29. The van der Waals surface area contributed by atoms with Crippen molar-refractivity contribution in [1.29, 1.82) is 0 Å². The molecule has 2 aliphatic rings. The molecule has 7 nitrogen and oxygen atoms in total. The van der Waals surface area contributed by atoms with Crippen molar-refractivity contribution in [2.75, 3.05) is 44.8 Å². The van der Waals surface area contributed by atoms with Crippen LogP contribution in [0.1, 0.15) is 25.7 Å². The SMILES string of the molecule is COCCCNC(=O)C1CCN(C(=O)C2CC(=O)N(c3ccccc3Br)C2)CC1. The maximum atomic E-state index is 12.9. The number of rotatable bonds is 7. The molecule has 0 radical (unpaired) electrons. The molecule has 1 unspecified atom stereocenters. The van der Waals surface area contributed by atoms with E-state index in [4.69, 9.17) is 4.74 Å². The fourth-order valence-corrected chi connectivity index (χ4v) is 4.47. The highest BCUT2D eigenvalue weighted by atomic mass is 79.9. The zero-order valence-electron chi connectivity index (χ0n) is 16.7. The summed E-state index contributed by atoms with van der Waals surface area (Å²) in [6.45, 7) is 2.77. The lowest BCUT2D eigenvalue weighted by atomic mass is 9.94. The number of benzene rings is 1. The Morgan fingerprint density at radius 3 is 2.62 bits per heavy atom. The van der Waals surface area contributed by atoms with E-state index >= 15 is 0 Å². The molecule has 0 bridgehead atoms. The van der Waals surface area contributed by atoms with E-state index in [-0.39, 0.29) is 36.0 Å². The number of ether oxygens (including phenoxy) is 1. The Kier molecular flexibility index (Phi) is 7.66. The maximum absolute atomic E-state index is 12.9. The number of hydrogen-bond donors (Lipinski definition) is 1. The van der Waals surface area contributed by atoms with Gasteiger partial charge in [0, 0.05) is 56.7 Å². The minimum atomic E-state index is -0.325. The molecule has 3 rings (SSSR count). The number of piperidine rings is 1. The van der Waals surface area contributed by atoms with Gasteiger partial charge in [0.15, 0.2) is 0 Å². The van der Waals surface area contributed by atoms with Gasteiger partial charge in [-0.1, -0.05) is 12.1 Å². The molecular formula is C21H28BrN3O4. The predicted octanol–water partition coefficient (Wildman–Crippen LogP) is 2.19. The average molecular weight is 466 g/mol. The van der Waals surface area contributed by atoms with Crippen LogP contribution in [0.4, 0.5) is 5.69 Å². The van der Waals surface area contributed by atoms with Gasteiger partial charge in [-0.05, 0) is 47.3 Å². The molecule has 158 valence electrons. The van der Waals surface area contributed by atoms with Crippen molar-refractivity contribution >= 4 is 39.3 Å². The van der Waals surface area contributed by atoms with Crippen LogP contribution in [0.25, 0.3) is 0 Å². The van der Waals surface area contributed by atoms with Gasteiger partial charge in [-0.15, -0.1) is 0 Å². The van der Waals surface area contributed by atoms with Gasteiger partial charge >= 0.3 is 0 Å². The Hall–Kier alpha value is -1.93. The monoisotopic (exact) mass is 465 g/mol. The highest BCUT2D eigenvalue weighted by molar-refractivity contribution is 9.10. The standard InChI is InChI=1S/C21H28BrN3O4/c1-29-12-4-9-23-20(27)15-7-10-24(11-8-15)21(28)16-13-19(26)25(14-16)18-6-3-2-5-17(18)22/h2-3,5-6,15-16H,4,7-14H2,1H3,(H,23,27). The number of anilines is 1. The molecule has 2 fully saturated rings. The molecule has 1 aromatic carbocycles. The third-order valence-electron chi connectivity index (χ3n) is 5.62. The fraction of sp³-hybridized carbons (Fsp3) is 0.571. The smallest absolute Gasteiger partial charge is 0.228 e. The summed E-state index contributed by atoms with van der Waals surface area (Å²) in [7, 11) is 1.64. The highest BCUT2D eigenvalue weighted by Gasteiger charge is 2.39. The normalized spacial score (nSPS) is 20.2. The first kappa shape index (κ1) is 21.8. The second-order valence-corrected chi connectivity index (χ2v) is 8.45. The zero-order chi connectivity index (χ0) is 20.8. The first-order valence-corrected chi connectivity index (χ1v) is 10.9. The molecule has 3 amide bonds. The number of nitrogens with zero attached hydrogens (tertiary/aromatic N) is 2. The predicted molar refractivity (Wildman–Crippen MR) is 113 cm³/mol. The topological polar surface area (TPSA) is 79.0 Å². The molecule has 0 aliphatic carbocycles. The van der Waals surface area contributed by atoms with Crippen LogP contribution >= 0.6 is 15.9 Å². The number of carbonyl (C=O) groups is 3. The van der Waals surface area contributed by atoms with E-state index in [1.54, 1.807) is 12.0 Å². The van der Waals surface area contributed by atoms with Crippen molar-refractivity contribution < 1.29 is 19.1 Å². The number of amides is 3. The quantitative estimate of drug-likeness (QED) is 0.625. The average Bonchev–Trinajstić information content (AvgIpc) is 3.12. The summed E-state index contributed by atoms with van der Waals surface area (Å²) in [5.74, 6) is -0.325. The van der Waals surface area contributed by atoms with Crippen molar-refractivity contribution in [3.05, 3.63) is 28.7 Å². The molecule has 1 aromatic rings. The molecule has 2 aliphatic heterocycles. The molecule has 0 saturated carbocycles. The van der Waals surface area contributed by atoms with Crippen molar-refractivity contribution in [1.82, 2.24) is 10.2 Å². The Bertz CT molecular complexity index is 749. The van der Waals surface area contributed by atoms with Crippen LogP contribution in [0.3, 0.4) is 0 Å². The van der Waals surface area contributed by atoms with Crippen molar-refractivity contribution in [3.8, 4) is 0 Å². The summed E-state index contributed by atoms with van der Waals surface area (Å²) in [6.07, 6.45) is 2.36. The Morgan fingerprint density at radius 1 is 1.21 bits per heavy atom. The second kappa shape index (κ2) is 10.2. The van der Waals surface area contributed by atoms with E-state index < -0.39 is 0 Å². The van der Waals surface area contributed by atoms with E-state index in [1.165, 1.54) is 0 Å². The summed E-state index contributed by atoms with van der Waals surface area (Å²) in [4.78, 5) is 41.2. The first-order valence-electron chi connectivity index (χ1n) is 10.1. The Morgan fingerprint density at radius 2 is 1.93 bits per heavy atom. The van der Waals surface area contributed by atoms with Gasteiger partial charge in [0.25, 0.3) is 0 Å². The second-order valence-electron chi connectivity index (χ2n) is 7.59. The van der Waals surface area contributed by atoms with Gasteiger partial charge in [-0.2, -0.15) is 0 Å². The molecule has 1 N–H and O–H groups in total. The zero-order valence-corrected chi connectivity index (χ0v) is 18.3. The van der Waals surface area contributed by atoms with Crippen molar-refractivity contribution in [2.24, 2.45) is 11.8 Å². The summed E-state index contributed by atoms with van der Waals surface area (Å²) in [5, 5.41) is 2.94. The molecule has 2 saturated heterocycles. The largest absolute Gasteiger partial charge is 0.385 e.